The van der Waals surface area contributed by atoms with Crippen LogP contribution in [0.4, 0.5) is 0 Å². The first kappa shape index (κ1) is 16.3. The molecule has 1 aromatic carbocycles. The number of aliphatic hydroxyl groups is 1. The van der Waals surface area contributed by atoms with E-state index < -0.39 is 0 Å². The number of benzene rings is 1. The lowest BCUT2D eigenvalue weighted by molar-refractivity contribution is 0.0933. The molecule has 0 aromatic heterocycles. The van der Waals surface area contributed by atoms with Gasteiger partial charge in [-0.3, -0.25) is 4.79 Å². The topological polar surface area (TPSA) is 49.3 Å². The minimum atomic E-state index is -0.0453. The Kier molecular flexibility index (Phi) is 7.46. The first-order chi connectivity index (χ1) is 9.71. The number of hydrogen-bond donors (Lipinski definition) is 2. The molecule has 20 heavy (non-hydrogen) atoms. The lowest BCUT2D eigenvalue weighted by Gasteiger charge is -2.16. The SMILES string of the molecule is CCCC(CC)NC(=O)c1cccc(C#CCCO)c1. The Labute approximate surface area is 121 Å². The van der Waals surface area contributed by atoms with Gasteiger partial charge in [-0.25, -0.2) is 0 Å². The summed E-state index contributed by atoms with van der Waals surface area (Å²) in [6, 6.07) is 7.52. The molecule has 0 fully saturated rings. The van der Waals surface area contributed by atoms with Crippen molar-refractivity contribution < 1.29 is 9.90 Å². The summed E-state index contributed by atoms with van der Waals surface area (Å²) >= 11 is 0. The number of carbonyl (C=O) groups is 1. The van der Waals surface area contributed by atoms with Crippen LogP contribution in [0.25, 0.3) is 0 Å². The van der Waals surface area contributed by atoms with Crippen molar-refractivity contribution in [3.8, 4) is 11.8 Å². The molecular weight excluding hydrogens is 250 g/mol. The average molecular weight is 273 g/mol. The number of amides is 1. The largest absolute Gasteiger partial charge is 0.395 e. The van der Waals surface area contributed by atoms with E-state index in [2.05, 4.69) is 31.0 Å². The number of carbonyl (C=O) groups excluding carboxylic acids is 1. The predicted octanol–water partition coefficient (Wildman–Crippen LogP) is 2.73. The van der Waals surface area contributed by atoms with Gasteiger partial charge in [-0.15, -0.1) is 0 Å². The summed E-state index contributed by atoms with van der Waals surface area (Å²) in [5, 5.41) is 11.7. The van der Waals surface area contributed by atoms with Crippen molar-refractivity contribution in [2.75, 3.05) is 6.61 Å². The molecule has 0 saturated heterocycles. The van der Waals surface area contributed by atoms with Crippen LogP contribution in [0.5, 0.6) is 0 Å². The van der Waals surface area contributed by atoms with E-state index in [9.17, 15) is 4.79 Å². The molecule has 3 nitrogen and oxygen atoms in total. The fourth-order valence-corrected chi connectivity index (χ4v) is 1.95. The van der Waals surface area contributed by atoms with Gasteiger partial charge in [0, 0.05) is 23.6 Å². The Hall–Kier alpha value is -1.79. The first-order valence-corrected chi connectivity index (χ1v) is 7.21. The standard InChI is InChI=1S/C17H23NO2/c1-3-8-16(4-2)18-17(20)15-11-7-10-14(13-15)9-5-6-12-19/h7,10-11,13,16,19H,3-4,6,8,12H2,1-2H3,(H,18,20). The van der Waals surface area contributed by atoms with Gasteiger partial charge in [0.2, 0.25) is 0 Å². The predicted molar refractivity (Wildman–Crippen MR) is 81.5 cm³/mol. The van der Waals surface area contributed by atoms with E-state index in [1.165, 1.54) is 0 Å². The maximum absolute atomic E-state index is 12.2. The van der Waals surface area contributed by atoms with Crippen LogP contribution >= 0.6 is 0 Å². The molecule has 1 atom stereocenters. The molecule has 0 bridgehead atoms. The van der Waals surface area contributed by atoms with Crippen LogP contribution in [0.15, 0.2) is 24.3 Å². The Bertz CT molecular complexity index is 485. The number of hydrogen-bond acceptors (Lipinski definition) is 2. The van der Waals surface area contributed by atoms with Gasteiger partial charge in [-0.2, -0.15) is 0 Å². The summed E-state index contributed by atoms with van der Waals surface area (Å²) in [6.07, 6.45) is 3.45. The molecule has 1 amide bonds. The smallest absolute Gasteiger partial charge is 0.251 e. The van der Waals surface area contributed by atoms with E-state index in [4.69, 9.17) is 5.11 Å². The van der Waals surface area contributed by atoms with Crippen molar-refractivity contribution >= 4 is 5.91 Å². The number of nitrogens with one attached hydrogen (secondary N) is 1. The fourth-order valence-electron chi connectivity index (χ4n) is 1.95. The zero-order chi connectivity index (χ0) is 14.8. The van der Waals surface area contributed by atoms with Crippen LogP contribution in [0.3, 0.4) is 0 Å². The Balaban J connectivity index is 2.73. The van der Waals surface area contributed by atoms with Crippen LogP contribution in [0, 0.1) is 11.8 Å². The summed E-state index contributed by atoms with van der Waals surface area (Å²) in [6.45, 7) is 4.26. The average Bonchev–Trinajstić information content (AvgIpc) is 2.47. The molecule has 0 saturated carbocycles. The lowest BCUT2D eigenvalue weighted by atomic mass is 10.1. The third kappa shape index (κ3) is 5.46. The molecule has 1 rings (SSSR count). The van der Waals surface area contributed by atoms with Gasteiger partial charge < -0.3 is 10.4 Å². The van der Waals surface area contributed by atoms with Crippen molar-refractivity contribution in [1.82, 2.24) is 5.32 Å². The second kappa shape index (κ2) is 9.17. The highest BCUT2D eigenvalue weighted by molar-refractivity contribution is 5.94. The van der Waals surface area contributed by atoms with E-state index in [0.717, 1.165) is 24.8 Å². The molecule has 0 spiro atoms. The molecule has 108 valence electrons. The van der Waals surface area contributed by atoms with E-state index in [1.807, 2.05) is 12.1 Å². The molecule has 0 radical (unpaired) electrons. The third-order valence-corrected chi connectivity index (χ3v) is 3.06. The number of aliphatic hydroxyl groups excluding tert-OH is 1. The van der Waals surface area contributed by atoms with Crippen LogP contribution < -0.4 is 5.32 Å². The van der Waals surface area contributed by atoms with Crippen LogP contribution in [-0.2, 0) is 0 Å². The zero-order valence-corrected chi connectivity index (χ0v) is 12.3. The summed E-state index contributed by atoms with van der Waals surface area (Å²) in [7, 11) is 0. The summed E-state index contributed by atoms with van der Waals surface area (Å²) in [5.74, 6) is 5.76. The molecule has 3 heteroatoms. The first-order valence-electron chi connectivity index (χ1n) is 7.21. The summed E-state index contributed by atoms with van der Waals surface area (Å²) in [4.78, 5) is 12.2. The fraction of sp³-hybridized carbons (Fsp3) is 0.471. The highest BCUT2D eigenvalue weighted by atomic mass is 16.2. The van der Waals surface area contributed by atoms with Gasteiger partial charge in [0.25, 0.3) is 5.91 Å². The Morgan fingerprint density at radius 1 is 1.40 bits per heavy atom. The second-order valence-electron chi connectivity index (χ2n) is 4.72. The molecule has 1 aromatic rings. The van der Waals surface area contributed by atoms with Crippen LogP contribution in [0.2, 0.25) is 0 Å². The minimum absolute atomic E-state index is 0.0453. The normalized spacial score (nSPS) is 11.3. The summed E-state index contributed by atoms with van der Waals surface area (Å²) < 4.78 is 0. The van der Waals surface area contributed by atoms with Gasteiger partial charge >= 0.3 is 0 Å². The van der Waals surface area contributed by atoms with Crippen LogP contribution in [-0.4, -0.2) is 23.7 Å². The van der Waals surface area contributed by atoms with Gasteiger partial charge in [0.1, 0.15) is 0 Å². The Morgan fingerprint density at radius 3 is 2.85 bits per heavy atom. The zero-order valence-electron chi connectivity index (χ0n) is 12.3. The van der Waals surface area contributed by atoms with Crippen molar-refractivity contribution in [2.24, 2.45) is 0 Å². The highest BCUT2D eigenvalue weighted by Crippen LogP contribution is 2.07. The molecule has 0 heterocycles. The van der Waals surface area contributed by atoms with E-state index in [0.29, 0.717) is 12.0 Å². The molecule has 0 aliphatic rings. The van der Waals surface area contributed by atoms with Crippen molar-refractivity contribution in [1.29, 1.82) is 0 Å². The van der Waals surface area contributed by atoms with E-state index >= 15 is 0 Å². The van der Waals surface area contributed by atoms with E-state index in [1.54, 1.807) is 12.1 Å². The number of rotatable bonds is 6. The van der Waals surface area contributed by atoms with Crippen LogP contribution in [0.1, 0.15) is 55.5 Å². The van der Waals surface area contributed by atoms with E-state index in [-0.39, 0.29) is 18.6 Å². The van der Waals surface area contributed by atoms with Crippen molar-refractivity contribution in [3.63, 3.8) is 0 Å². The minimum Gasteiger partial charge on any atom is -0.395 e. The molecule has 1 unspecified atom stereocenters. The van der Waals surface area contributed by atoms with Crippen molar-refractivity contribution in [2.45, 2.75) is 45.6 Å². The maximum atomic E-state index is 12.2. The monoisotopic (exact) mass is 273 g/mol. The Morgan fingerprint density at radius 2 is 2.20 bits per heavy atom. The van der Waals surface area contributed by atoms with Gasteiger partial charge in [-0.1, -0.05) is 38.2 Å². The molecule has 2 N–H and O–H groups in total. The highest BCUT2D eigenvalue weighted by Gasteiger charge is 2.11. The quantitative estimate of drug-likeness (QED) is 0.783. The molecular formula is C17H23NO2. The molecule has 0 aliphatic heterocycles. The third-order valence-electron chi connectivity index (χ3n) is 3.06. The lowest BCUT2D eigenvalue weighted by Crippen LogP contribution is -2.34. The molecule has 0 aliphatic carbocycles. The maximum Gasteiger partial charge on any atom is 0.251 e. The van der Waals surface area contributed by atoms with Crippen molar-refractivity contribution in [3.05, 3.63) is 35.4 Å². The second-order valence-corrected chi connectivity index (χ2v) is 4.72. The van der Waals surface area contributed by atoms with Gasteiger partial charge in [0.15, 0.2) is 0 Å². The van der Waals surface area contributed by atoms with Gasteiger partial charge in [0.05, 0.1) is 6.61 Å². The van der Waals surface area contributed by atoms with Gasteiger partial charge in [-0.05, 0) is 31.0 Å². The summed E-state index contributed by atoms with van der Waals surface area (Å²) in [5.41, 5.74) is 1.44.